The molecular formula is C21H17ClF2N2O5S. The standard InChI is InChI=1S/C21H17ClF2N2O5S/c1-30-20-9-3-14(11-17(20)22)26-32(28,29)16-6-4-15(5-7-16)31-12-21(27)25-19-10-13(23)2-8-18(19)24/h2-11,26H,12H2,1H3,(H,25,27). The molecule has 3 rings (SSSR count). The van der Waals surface area contributed by atoms with E-state index in [0.717, 1.165) is 18.2 Å². The molecule has 1 amide bonds. The number of halogens is 3. The van der Waals surface area contributed by atoms with Gasteiger partial charge in [-0.15, -0.1) is 0 Å². The number of anilines is 2. The van der Waals surface area contributed by atoms with Crippen molar-refractivity contribution in [2.75, 3.05) is 23.8 Å². The zero-order chi connectivity index (χ0) is 23.3. The smallest absolute Gasteiger partial charge is 0.262 e. The molecule has 0 fully saturated rings. The molecule has 3 aromatic carbocycles. The molecule has 0 radical (unpaired) electrons. The van der Waals surface area contributed by atoms with Gasteiger partial charge in [0.2, 0.25) is 0 Å². The first-order valence-corrected chi connectivity index (χ1v) is 10.9. The maximum Gasteiger partial charge on any atom is 0.262 e. The Morgan fingerprint density at radius 3 is 2.41 bits per heavy atom. The molecule has 11 heteroatoms. The van der Waals surface area contributed by atoms with Crippen molar-refractivity contribution in [2.45, 2.75) is 4.90 Å². The quantitative estimate of drug-likeness (QED) is 0.495. The molecule has 0 aliphatic heterocycles. The zero-order valence-corrected chi connectivity index (χ0v) is 18.1. The molecule has 2 N–H and O–H groups in total. The Hall–Kier alpha value is -3.37. The van der Waals surface area contributed by atoms with Crippen molar-refractivity contribution < 1.29 is 31.5 Å². The fourth-order valence-electron chi connectivity index (χ4n) is 2.59. The van der Waals surface area contributed by atoms with Crippen LogP contribution in [0.15, 0.2) is 65.6 Å². The van der Waals surface area contributed by atoms with Gasteiger partial charge >= 0.3 is 0 Å². The number of sulfonamides is 1. The van der Waals surface area contributed by atoms with Crippen LogP contribution in [0.3, 0.4) is 0 Å². The largest absolute Gasteiger partial charge is 0.495 e. The molecule has 3 aromatic rings. The highest BCUT2D eigenvalue weighted by atomic mass is 35.5. The van der Waals surface area contributed by atoms with E-state index in [4.69, 9.17) is 21.1 Å². The van der Waals surface area contributed by atoms with Gasteiger partial charge in [0.25, 0.3) is 15.9 Å². The molecule has 0 saturated carbocycles. The summed E-state index contributed by atoms with van der Waals surface area (Å²) in [4.78, 5) is 11.8. The number of carbonyl (C=O) groups is 1. The maximum atomic E-state index is 13.6. The number of carbonyl (C=O) groups excluding carboxylic acids is 1. The van der Waals surface area contributed by atoms with Gasteiger partial charge in [-0.2, -0.15) is 0 Å². The third kappa shape index (κ3) is 5.86. The van der Waals surface area contributed by atoms with Crippen LogP contribution in [0.2, 0.25) is 5.02 Å². The number of rotatable bonds is 8. The highest BCUT2D eigenvalue weighted by molar-refractivity contribution is 7.92. The van der Waals surface area contributed by atoms with E-state index in [1.807, 2.05) is 0 Å². The topological polar surface area (TPSA) is 93.7 Å². The summed E-state index contributed by atoms with van der Waals surface area (Å²) in [5.41, 5.74) is -0.0675. The number of ether oxygens (including phenoxy) is 2. The van der Waals surface area contributed by atoms with Gasteiger partial charge in [-0.05, 0) is 54.6 Å². The van der Waals surface area contributed by atoms with Crippen LogP contribution in [0.5, 0.6) is 11.5 Å². The van der Waals surface area contributed by atoms with Gasteiger partial charge in [0.05, 0.1) is 28.4 Å². The third-order valence-corrected chi connectivity index (χ3v) is 5.80. The van der Waals surface area contributed by atoms with Crippen LogP contribution in [0.4, 0.5) is 20.2 Å². The first-order valence-electron chi connectivity index (χ1n) is 9.02. The molecule has 0 saturated heterocycles. The van der Waals surface area contributed by atoms with Gasteiger partial charge in [-0.3, -0.25) is 9.52 Å². The summed E-state index contributed by atoms with van der Waals surface area (Å²) in [6.45, 7) is -0.495. The van der Waals surface area contributed by atoms with Gasteiger partial charge in [-0.25, -0.2) is 17.2 Å². The Balaban J connectivity index is 1.61. The normalized spacial score (nSPS) is 11.0. The van der Waals surface area contributed by atoms with E-state index in [9.17, 15) is 22.0 Å². The SMILES string of the molecule is COc1ccc(NS(=O)(=O)c2ccc(OCC(=O)Nc3cc(F)ccc3F)cc2)cc1Cl. The molecule has 0 unspecified atom stereocenters. The van der Waals surface area contributed by atoms with E-state index in [1.54, 1.807) is 0 Å². The van der Waals surface area contributed by atoms with Crippen LogP contribution in [0.1, 0.15) is 0 Å². The van der Waals surface area contributed by atoms with Gasteiger partial charge in [0.15, 0.2) is 6.61 Å². The van der Waals surface area contributed by atoms with E-state index in [0.29, 0.717) is 5.75 Å². The summed E-state index contributed by atoms with van der Waals surface area (Å²) < 4.78 is 64.5. The average molecular weight is 483 g/mol. The second-order valence-electron chi connectivity index (χ2n) is 6.39. The highest BCUT2D eigenvalue weighted by Crippen LogP contribution is 2.28. The van der Waals surface area contributed by atoms with E-state index >= 15 is 0 Å². The molecule has 0 aromatic heterocycles. The predicted molar refractivity (Wildman–Crippen MR) is 116 cm³/mol. The molecule has 0 aliphatic carbocycles. The average Bonchev–Trinajstić information content (AvgIpc) is 2.75. The Labute approximate surface area is 188 Å². The highest BCUT2D eigenvalue weighted by Gasteiger charge is 2.16. The minimum atomic E-state index is -3.91. The van der Waals surface area contributed by atoms with E-state index in [1.165, 1.54) is 49.6 Å². The Morgan fingerprint density at radius 2 is 1.75 bits per heavy atom. The molecule has 0 spiro atoms. The van der Waals surface area contributed by atoms with Crippen molar-refractivity contribution in [1.82, 2.24) is 0 Å². The Kier molecular flexibility index (Phi) is 7.16. The number of benzene rings is 3. The summed E-state index contributed by atoms with van der Waals surface area (Å²) in [5.74, 6) is -1.61. The molecule has 0 heterocycles. The first kappa shape index (κ1) is 23.3. The van der Waals surface area contributed by atoms with Crippen molar-refractivity contribution in [3.63, 3.8) is 0 Å². The zero-order valence-electron chi connectivity index (χ0n) is 16.6. The van der Waals surface area contributed by atoms with Crippen LogP contribution < -0.4 is 19.5 Å². The maximum absolute atomic E-state index is 13.6. The van der Waals surface area contributed by atoms with Crippen molar-refractivity contribution in [3.05, 3.63) is 77.3 Å². The molecule has 0 aliphatic rings. The lowest BCUT2D eigenvalue weighted by Gasteiger charge is -2.11. The summed E-state index contributed by atoms with van der Waals surface area (Å²) in [7, 11) is -2.47. The monoisotopic (exact) mass is 482 g/mol. The van der Waals surface area contributed by atoms with Crippen molar-refractivity contribution >= 4 is 38.9 Å². The van der Waals surface area contributed by atoms with Crippen LogP contribution in [0.25, 0.3) is 0 Å². The Morgan fingerprint density at radius 1 is 1.03 bits per heavy atom. The first-order chi connectivity index (χ1) is 15.2. The lowest BCUT2D eigenvalue weighted by Crippen LogP contribution is -2.21. The van der Waals surface area contributed by atoms with Crippen LogP contribution in [0, 0.1) is 11.6 Å². The fourth-order valence-corrected chi connectivity index (χ4v) is 3.89. The minimum absolute atomic E-state index is 0.0527. The number of nitrogens with one attached hydrogen (secondary N) is 2. The Bertz CT molecular complexity index is 1240. The summed E-state index contributed by atoms with van der Waals surface area (Å²) in [6, 6.07) is 12.4. The van der Waals surface area contributed by atoms with Crippen LogP contribution >= 0.6 is 11.6 Å². The second-order valence-corrected chi connectivity index (χ2v) is 8.48. The molecule has 32 heavy (non-hydrogen) atoms. The number of amides is 1. The van der Waals surface area contributed by atoms with E-state index in [-0.39, 0.29) is 27.0 Å². The van der Waals surface area contributed by atoms with Crippen LogP contribution in [-0.4, -0.2) is 28.0 Å². The van der Waals surface area contributed by atoms with Crippen LogP contribution in [-0.2, 0) is 14.8 Å². The molecule has 0 atom stereocenters. The molecule has 7 nitrogen and oxygen atoms in total. The van der Waals surface area contributed by atoms with Gasteiger partial charge < -0.3 is 14.8 Å². The molecular weight excluding hydrogens is 466 g/mol. The number of methoxy groups -OCH3 is 1. The third-order valence-electron chi connectivity index (χ3n) is 4.11. The van der Waals surface area contributed by atoms with E-state index in [2.05, 4.69) is 10.0 Å². The fraction of sp³-hybridized carbons (Fsp3) is 0.0952. The number of hydrogen-bond donors (Lipinski definition) is 2. The van der Waals surface area contributed by atoms with Gasteiger partial charge in [0, 0.05) is 6.07 Å². The number of hydrogen-bond acceptors (Lipinski definition) is 5. The van der Waals surface area contributed by atoms with Crippen molar-refractivity contribution in [2.24, 2.45) is 0 Å². The summed E-state index contributed by atoms with van der Waals surface area (Å²) in [5, 5.41) is 2.44. The van der Waals surface area contributed by atoms with Crippen molar-refractivity contribution in [3.8, 4) is 11.5 Å². The van der Waals surface area contributed by atoms with E-state index < -0.39 is 34.2 Å². The summed E-state index contributed by atoms with van der Waals surface area (Å²) in [6.07, 6.45) is 0. The minimum Gasteiger partial charge on any atom is -0.495 e. The lowest BCUT2D eigenvalue weighted by molar-refractivity contribution is -0.118. The molecule has 0 bridgehead atoms. The summed E-state index contributed by atoms with van der Waals surface area (Å²) >= 11 is 6.00. The van der Waals surface area contributed by atoms with Gasteiger partial charge in [0.1, 0.15) is 23.1 Å². The predicted octanol–water partition coefficient (Wildman–Crippen LogP) is 4.45. The lowest BCUT2D eigenvalue weighted by atomic mass is 10.3. The molecule has 168 valence electrons. The second kappa shape index (κ2) is 9.84. The van der Waals surface area contributed by atoms with Crippen molar-refractivity contribution in [1.29, 1.82) is 0 Å². The van der Waals surface area contributed by atoms with Gasteiger partial charge in [-0.1, -0.05) is 11.6 Å².